The summed E-state index contributed by atoms with van der Waals surface area (Å²) < 4.78 is 6.45. The third kappa shape index (κ3) is 2.48. The fraction of sp³-hybridized carbons (Fsp3) is 0.462. The molecule has 1 fully saturated rings. The van der Waals surface area contributed by atoms with E-state index in [0.717, 1.165) is 44.0 Å². The minimum absolute atomic E-state index is 0.903. The molecule has 0 spiro atoms. The van der Waals surface area contributed by atoms with Gasteiger partial charge in [0.15, 0.2) is 0 Å². The molecule has 1 N–H and O–H groups in total. The van der Waals surface area contributed by atoms with Gasteiger partial charge < -0.3 is 10.1 Å². The molecule has 1 aliphatic rings. The molecule has 4 nitrogen and oxygen atoms in total. The lowest BCUT2D eigenvalue weighted by Crippen LogP contribution is -2.42. The van der Waals surface area contributed by atoms with Crippen LogP contribution in [0.2, 0.25) is 0 Å². The average Bonchev–Trinajstić information content (AvgIpc) is 2.80. The summed E-state index contributed by atoms with van der Waals surface area (Å²) >= 11 is 1.77. The molecule has 0 radical (unpaired) electrons. The Balaban J connectivity index is 1.79. The van der Waals surface area contributed by atoms with E-state index >= 15 is 0 Å². The lowest BCUT2D eigenvalue weighted by molar-refractivity contribution is 0.233. The van der Waals surface area contributed by atoms with Crippen LogP contribution >= 0.6 is 11.3 Å². The van der Waals surface area contributed by atoms with Crippen LogP contribution < -0.4 is 10.1 Å². The van der Waals surface area contributed by atoms with Gasteiger partial charge in [0.25, 0.3) is 0 Å². The van der Waals surface area contributed by atoms with Crippen molar-refractivity contribution in [1.82, 2.24) is 15.2 Å². The molecule has 96 valence electrons. The van der Waals surface area contributed by atoms with Crippen LogP contribution in [0.4, 0.5) is 0 Å². The molecule has 2 aromatic rings. The van der Waals surface area contributed by atoms with E-state index < -0.39 is 0 Å². The normalized spacial score (nSPS) is 17.2. The number of methoxy groups -OCH3 is 1. The highest BCUT2D eigenvalue weighted by Gasteiger charge is 2.12. The summed E-state index contributed by atoms with van der Waals surface area (Å²) in [6.45, 7) is 5.35. The second kappa shape index (κ2) is 5.22. The lowest BCUT2D eigenvalue weighted by Gasteiger charge is -2.25. The van der Waals surface area contributed by atoms with Gasteiger partial charge in [0.2, 0.25) is 0 Å². The maximum atomic E-state index is 5.24. The largest absolute Gasteiger partial charge is 0.497 e. The second-order valence-corrected chi connectivity index (χ2v) is 5.58. The molecule has 0 saturated carbocycles. The maximum Gasteiger partial charge on any atom is 0.120 e. The highest BCUT2D eigenvalue weighted by molar-refractivity contribution is 7.18. The van der Waals surface area contributed by atoms with Crippen LogP contribution in [0.3, 0.4) is 0 Å². The summed E-state index contributed by atoms with van der Waals surface area (Å²) in [4.78, 5) is 7.13. The van der Waals surface area contributed by atoms with Crippen LogP contribution in [0.25, 0.3) is 10.2 Å². The van der Waals surface area contributed by atoms with E-state index in [1.807, 2.05) is 12.1 Å². The van der Waals surface area contributed by atoms with Crippen molar-refractivity contribution >= 4 is 21.6 Å². The highest BCUT2D eigenvalue weighted by Crippen LogP contribution is 2.26. The third-order valence-electron chi connectivity index (χ3n) is 3.21. The summed E-state index contributed by atoms with van der Waals surface area (Å²) in [5, 5.41) is 4.56. The number of ether oxygens (including phenoxy) is 1. The molecule has 3 rings (SSSR count). The molecular weight excluding hydrogens is 246 g/mol. The first-order valence-electron chi connectivity index (χ1n) is 6.22. The van der Waals surface area contributed by atoms with Gasteiger partial charge in [0.05, 0.1) is 23.9 Å². The van der Waals surface area contributed by atoms with Crippen LogP contribution in [-0.2, 0) is 6.54 Å². The standard InChI is InChI=1S/C13H17N3OS/c1-17-10-2-3-11-12(8-10)18-13(15-11)9-16-6-4-14-5-7-16/h2-3,8,14H,4-7,9H2,1H3. The number of nitrogens with one attached hydrogen (secondary N) is 1. The Morgan fingerprint density at radius 1 is 1.39 bits per heavy atom. The highest BCUT2D eigenvalue weighted by atomic mass is 32.1. The molecule has 5 heteroatoms. The molecular formula is C13H17N3OS. The molecule has 18 heavy (non-hydrogen) atoms. The van der Waals surface area contributed by atoms with E-state index in [4.69, 9.17) is 4.74 Å². The van der Waals surface area contributed by atoms with E-state index in [1.54, 1.807) is 18.4 Å². The topological polar surface area (TPSA) is 37.4 Å². The summed E-state index contributed by atoms with van der Waals surface area (Å²) in [5.74, 6) is 0.903. The van der Waals surface area contributed by atoms with E-state index in [2.05, 4.69) is 21.3 Å². The predicted molar refractivity (Wildman–Crippen MR) is 74.3 cm³/mol. The van der Waals surface area contributed by atoms with Crippen molar-refractivity contribution < 1.29 is 4.74 Å². The van der Waals surface area contributed by atoms with Gasteiger partial charge in [-0.3, -0.25) is 4.90 Å². The Labute approximate surface area is 111 Å². The molecule has 0 atom stereocenters. The van der Waals surface area contributed by atoms with Crippen LogP contribution in [0, 0.1) is 0 Å². The number of aromatic nitrogens is 1. The molecule has 2 heterocycles. The maximum absolute atomic E-state index is 5.24. The number of thiazole rings is 1. The molecule has 0 aliphatic carbocycles. The average molecular weight is 263 g/mol. The van der Waals surface area contributed by atoms with Gasteiger partial charge in [-0.25, -0.2) is 4.98 Å². The van der Waals surface area contributed by atoms with Crippen LogP contribution in [0.15, 0.2) is 18.2 Å². The second-order valence-electron chi connectivity index (χ2n) is 4.47. The minimum atomic E-state index is 0.903. The number of fused-ring (bicyclic) bond motifs is 1. The van der Waals surface area contributed by atoms with Crippen molar-refractivity contribution in [1.29, 1.82) is 0 Å². The number of rotatable bonds is 3. The Morgan fingerprint density at radius 2 is 2.22 bits per heavy atom. The van der Waals surface area contributed by atoms with E-state index in [1.165, 1.54) is 9.71 Å². The summed E-state index contributed by atoms with van der Waals surface area (Å²) in [7, 11) is 1.70. The summed E-state index contributed by atoms with van der Waals surface area (Å²) in [6, 6.07) is 6.07. The van der Waals surface area contributed by atoms with Gasteiger partial charge in [0, 0.05) is 26.2 Å². The summed E-state index contributed by atoms with van der Waals surface area (Å²) in [6.07, 6.45) is 0. The minimum Gasteiger partial charge on any atom is -0.497 e. The van der Waals surface area contributed by atoms with Gasteiger partial charge >= 0.3 is 0 Å². The van der Waals surface area contributed by atoms with Crippen molar-refractivity contribution in [3.63, 3.8) is 0 Å². The van der Waals surface area contributed by atoms with Crippen molar-refractivity contribution in [3.8, 4) is 5.75 Å². The first-order chi connectivity index (χ1) is 8.85. The van der Waals surface area contributed by atoms with E-state index in [9.17, 15) is 0 Å². The number of nitrogens with zero attached hydrogens (tertiary/aromatic N) is 2. The number of hydrogen-bond acceptors (Lipinski definition) is 5. The molecule has 1 aromatic heterocycles. The molecule has 0 bridgehead atoms. The SMILES string of the molecule is COc1ccc2nc(CN3CCNCC3)sc2c1. The predicted octanol–water partition coefficient (Wildman–Crippen LogP) is 1.71. The zero-order valence-electron chi connectivity index (χ0n) is 10.5. The first kappa shape index (κ1) is 11.9. The zero-order chi connectivity index (χ0) is 12.4. The Morgan fingerprint density at radius 3 is 3.00 bits per heavy atom. The number of hydrogen-bond donors (Lipinski definition) is 1. The monoisotopic (exact) mass is 263 g/mol. The van der Waals surface area contributed by atoms with Gasteiger partial charge in [-0.05, 0) is 18.2 Å². The zero-order valence-corrected chi connectivity index (χ0v) is 11.3. The Kier molecular flexibility index (Phi) is 3.45. The molecule has 0 amide bonds. The Hall–Kier alpha value is -1.17. The molecule has 1 saturated heterocycles. The van der Waals surface area contributed by atoms with Crippen molar-refractivity contribution in [2.24, 2.45) is 0 Å². The van der Waals surface area contributed by atoms with Crippen molar-refractivity contribution in [2.45, 2.75) is 6.54 Å². The molecule has 1 aromatic carbocycles. The molecule has 1 aliphatic heterocycles. The fourth-order valence-electron chi connectivity index (χ4n) is 2.21. The van der Waals surface area contributed by atoms with Crippen molar-refractivity contribution in [2.75, 3.05) is 33.3 Å². The lowest BCUT2D eigenvalue weighted by atomic mass is 10.3. The Bertz CT molecular complexity index is 534. The summed E-state index contributed by atoms with van der Waals surface area (Å²) in [5.41, 5.74) is 1.07. The van der Waals surface area contributed by atoms with E-state index in [-0.39, 0.29) is 0 Å². The van der Waals surface area contributed by atoms with Crippen molar-refractivity contribution in [3.05, 3.63) is 23.2 Å². The van der Waals surface area contributed by atoms with Crippen LogP contribution in [0.1, 0.15) is 5.01 Å². The fourth-order valence-corrected chi connectivity index (χ4v) is 3.25. The van der Waals surface area contributed by atoms with Gasteiger partial charge in [0.1, 0.15) is 10.8 Å². The number of piperazine rings is 1. The first-order valence-corrected chi connectivity index (χ1v) is 7.03. The number of benzene rings is 1. The molecule has 0 unspecified atom stereocenters. The smallest absolute Gasteiger partial charge is 0.120 e. The van der Waals surface area contributed by atoms with Crippen LogP contribution in [-0.4, -0.2) is 43.2 Å². The quantitative estimate of drug-likeness (QED) is 0.915. The third-order valence-corrected chi connectivity index (χ3v) is 4.21. The van der Waals surface area contributed by atoms with E-state index in [0.29, 0.717) is 0 Å². The van der Waals surface area contributed by atoms with Gasteiger partial charge in [-0.1, -0.05) is 0 Å². The van der Waals surface area contributed by atoms with Crippen LogP contribution in [0.5, 0.6) is 5.75 Å². The van der Waals surface area contributed by atoms with Gasteiger partial charge in [-0.2, -0.15) is 0 Å². The van der Waals surface area contributed by atoms with Gasteiger partial charge in [-0.15, -0.1) is 11.3 Å².